The number of carbonyl (C=O) groups is 1. The zero-order valence-electron chi connectivity index (χ0n) is 22.7. The lowest BCUT2D eigenvalue weighted by Gasteiger charge is -2.16. The minimum Gasteiger partial charge on any atom is -0.490 e. The van der Waals surface area contributed by atoms with Crippen LogP contribution in [0.5, 0.6) is 17.2 Å². The van der Waals surface area contributed by atoms with Gasteiger partial charge in [-0.15, -0.1) is 10.2 Å². The summed E-state index contributed by atoms with van der Waals surface area (Å²) >= 11 is 1.29. The predicted molar refractivity (Wildman–Crippen MR) is 150 cm³/mol. The fourth-order valence-corrected chi connectivity index (χ4v) is 4.29. The van der Waals surface area contributed by atoms with E-state index >= 15 is 0 Å². The smallest absolute Gasteiger partial charge is 0.268 e. The van der Waals surface area contributed by atoms with Crippen molar-refractivity contribution in [2.24, 2.45) is 0 Å². The second-order valence-electron chi connectivity index (χ2n) is 9.26. The monoisotopic (exact) mass is 534 g/mol. The van der Waals surface area contributed by atoms with E-state index in [0.29, 0.717) is 47.9 Å². The predicted octanol–water partition coefficient (Wildman–Crippen LogP) is 6.50. The number of rotatable bonds is 12. The third-order valence-electron chi connectivity index (χ3n) is 5.49. The van der Waals surface area contributed by atoms with E-state index in [1.807, 2.05) is 39.8 Å². The van der Waals surface area contributed by atoms with E-state index < -0.39 is 5.91 Å². The third-order valence-corrected chi connectivity index (χ3v) is 6.63. The number of aryl methyl sites for hydroxylation is 1. The van der Waals surface area contributed by atoms with Crippen LogP contribution in [0.3, 0.4) is 0 Å². The lowest BCUT2D eigenvalue weighted by atomic mass is 10.0. The number of ether oxygens (including phenoxy) is 3. The summed E-state index contributed by atoms with van der Waals surface area (Å²) in [7, 11) is 0. The summed E-state index contributed by atoms with van der Waals surface area (Å²) in [5, 5.41) is 21.4. The van der Waals surface area contributed by atoms with Crippen LogP contribution in [0, 0.1) is 18.3 Å². The molecule has 0 radical (unpaired) electrons. The molecule has 0 unspecified atom stereocenters. The zero-order chi connectivity index (χ0) is 27.7. The standard InChI is InChI=1S/C29H34N4O4S/c1-7-35-26-16-21(15-22(17-30)27(34)31-29-33-32-28(38-29)19(4)5)9-11-24(26)36-12-13-37-25-14-20(6)8-10-23(25)18(2)3/h8-11,14-16,18-19H,7,12-13H2,1-6H3,(H,31,33,34)/b22-15-. The molecule has 1 aromatic heterocycles. The van der Waals surface area contributed by atoms with Crippen molar-refractivity contribution in [3.8, 4) is 23.3 Å². The van der Waals surface area contributed by atoms with Gasteiger partial charge in [-0.05, 0) is 60.7 Å². The molecule has 200 valence electrons. The molecule has 38 heavy (non-hydrogen) atoms. The molecular formula is C29H34N4O4S. The lowest BCUT2D eigenvalue weighted by Crippen LogP contribution is -2.13. The van der Waals surface area contributed by atoms with Gasteiger partial charge in [0, 0.05) is 5.92 Å². The number of amides is 1. The largest absolute Gasteiger partial charge is 0.490 e. The second-order valence-corrected chi connectivity index (χ2v) is 10.3. The van der Waals surface area contributed by atoms with Crippen molar-refractivity contribution < 1.29 is 19.0 Å². The van der Waals surface area contributed by atoms with Crippen molar-refractivity contribution in [3.63, 3.8) is 0 Å². The minimum atomic E-state index is -0.550. The summed E-state index contributed by atoms with van der Waals surface area (Å²) in [6.45, 7) is 13.3. The number of nitrogens with zero attached hydrogens (tertiary/aromatic N) is 3. The van der Waals surface area contributed by atoms with Crippen molar-refractivity contribution in [2.45, 2.75) is 53.4 Å². The molecule has 0 aliphatic heterocycles. The van der Waals surface area contributed by atoms with Crippen molar-refractivity contribution >= 4 is 28.5 Å². The van der Waals surface area contributed by atoms with Crippen LogP contribution in [-0.4, -0.2) is 35.9 Å². The molecule has 0 aliphatic rings. The van der Waals surface area contributed by atoms with E-state index in [-0.39, 0.29) is 11.5 Å². The van der Waals surface area contributed by atoms with Gasteiger partial charge < -0.3 is 14.2 Å². The van der Waals surface area contributed by atoms with Crippen LogP contribution in [-0.2, 0) is 4.79 Å². The number of hydrogen-bond acceptors (Lipinski definition) is 8. The first-order valence-electron chi connectivity index (χ1n) is 12.6. The van der Waals surface area contributed by atoms with Gasteiger partial charge in [-0.25, -0.2) is 0 Å². The number of benzene rings is 2. The van der Waals surface area contributed by atoms with E-state index in [1.165, 1.54) is 17.4 Å². The molecule has 0 saturated carbocycles. The SMILES string of the molecule is CCOc1cc(/C=C(/C#N)C(=O)Nc2nnc(C(C)C)s2)ccc1OCCOc1cc(C)ccc1C(C)C. The maximum atomic E-state index is 12.7. The highest BCUT2D eigenvalue weighted by Gasteiger charge is 2.15. The average molecular weight is 535 g/mol. The highest BCUT2D eigenvalue weighted by atomic mass is 32.1. The Morgan fingerprint density at radius 3 is 2.37 bits per heavy atom. The molecule has 1 N–H and O–H groups in total. The van der Waals surface area contributed by atoms with Gasteiger partial charge in [-0.2, -0.15) is 5.26 Å². The summed E-state index contributed by atoms with van der Waals surface area (Å²) in [6.07, 6.45) is 1.50. The first-order valence-corrected chi connectivity index (χ1v) is 13.4. The number of nitriles is 1. The quantitative estimate of drug-likeness (QED) is 0.161. The molecule has 1 amide bonds. The first kappa shape index (κ1) is 28.7. The highest BCUT2D eigenvalue weighted by Crippen LogP contribution is 2.31. The summed E-state index contributed by atoms with van der Waals surface area (Å²) < 4.78 is 17.7. The molecular weight excluding hydrogens is 500 g/mol. The van der Waals surface area contributed by atoms with Gasteiger partial charge in [0.15, 0.2) is 11.5 Å². The lowest BCUT2D eigenvalue weighted by molar-refractivity contribution is -0.112. The Labute approximate surface area is 228 Å². The molecule has 0 bridgehead atoms. The van der Waals surface area contributed by atoms with E-state index in [9.17, 15) is 10.1 Å². The first-order chi connectivity index (χ1) is 18.2. The van der Waals surface area contributed by atoms with Gasteiger partial charge in [-0.3, -0.25) is 10.1 Å². The van der Waals surface area contributed by atoms with Crippen molar-refractivity contribution in [1.82, 2.24) is 10.2 Å². The number of carbonyl (C=O) groups excluding carboxylic acids is 1. The minimum absolute atomic E-state index is 0.0603. The number of anilines is 1. The average Bonchev–Trinajstić information content (AvgIpc) is 3.35. The molecule has 3 rings (SSSR count). The van der Waals surface area contributed by atoms with Gasteiger partial charge in [0.25, 0.3) is 5.91 Å². The van der Waals surface area contributed by atoms with Gasteiger partial charge in [0.05, 0.1) is 6.61 Å². The zero-order valence-corrected chi connectivity index (χ0v) is 23.5. The summed E-state index contributed by atoms with van der Waals surface area (Å²) in [5.41, 5.74) is 2.87. The van der Waals surface area contributed by atoms with Crippen LogP contribution in [0.1, 0.15) is 68.2 Å². The molecule has 2 aromatic carbocycles. The molecule has 3 aromatic rings. The maximum absolute atomic E-state index is 12.7. The van der Waals surface area contributed by atoms with E-state index in [0.717, 1.165) is 21.9 Å². The molecule has 0 aliphatic carbocycles. The van der Waals surface area contributed by atoms with Crippen LogP contribution >= 0.6 is 11.3 Å². The van der Waals surface area contributed by atoms with Crippen LogP contribution < -0.4 is 19.5 Å². The maximum Gasteiger partial charge on any atom is 0.268 e. The van der Waals surface area contributed by atoms with Gasteiger partial charge in [0.2, 0.25) is 5.13 Å². The summed E-state index contributed by atoms with van der Waals surface area (Å²) in [6, 6.07) is 13.4. The van der Waals surface area contributed by atoms with Gasteiger partial charge >= 0.3 is 0 Å². The number of hydrogen-bond donors (Lipinski definition) is 1. The molecule has 0 saturated heterocycles. The van der Waals surface area contributed by atoms with Crippen LogP contribution in [0.2, 0.25) is 0 Å². The molecule has 8 nitrogen and oxygen atoms in total. The topological polar surface area (TPSA) is 106 Å². The third kappa shape index (κ3) is 7.80. The Morgan fingerprint density at radius 2 is 1.74 bits per heavy atom. The van der Waals surface area contributed by atoms with Crippen LogP contribution in [0.25, 0.3) is 6.08 Å². The van der Waals surface area contributed by atoms with E-state index in [4.69, 9.17) is 14.2 Å². The van der Waals surface area contributed by atoms with Crippen molar-refractivity contribution in [3.05, 3.63) is 63.7 Å². The normalized spacial score (nSPS) is 11.4. The second kappa shape index (κ2) is 13.6. The van der Waals surface area contributed by atoms with Crippen LogP contribution in [0.15, 0.2) is 42.0 Å². The fraction of sp³-hybridized carbons (Fsp3) is 0.379. The highest BCUT2D eigenvalue weighted by molar-refractivity contribution is 7.15. The molecule has 0 spiro atoms. The van der Waals surface area contributed by atoms with E-state index in [2.05, 4.69) is 41.5 Å². The molecule has 0 atom stereocenters. The van der Waals surface area contributed by atoms with Crippen molar-refractivity contribution in [2.75, 3.05) is 25.1 Å². The Kier molecular flexibility index (Phi) is 10.3. The Bertz CT molecular complexity index is 1320. The van der Waals surface area contributed by atoms with E-state index in [1.54, 1.807) is 18.2 Å². The van der Waals surface area contributed by atoms with Gasteiger partial charge in [-0.1, -0.05) is 57.2 Å². The summed E-state index contributed by atoms with van der Waals surface area (Å²) in [4.78, 5) is 12.7. The Hall–Kier alpha value is -3.90. The molecule has 1 heterocycles. The fourth-order valence-electron chi connectivity index (χ4n) is 3.55. The Morgan fingerprint density at radius 1 is 1.00 bits per heavy atom. The van der Waals surface area contributed by atoms with Gasteiger partial charge in [0.1, 0.15) is 35.6 Å². The Balaban J connectivity index is 1.67. The van der Waals surface area contributed by atoms with Crippen molar-refractivity contribution in [1.29, 1.82) is 5.26 Å². The molecule has 0 fully saturated rings. The number of aromatic nitrogens is 2. The summed E-state index contributed by atoms with van der Waals surface area (Å²) in [5.74, 6) is 1.94. The molecule has 9 heteroatoms. The number of nitrogens with one attached hydrogen (secondary N) is 1. The van der Waals surface area contributed by atoms with Crippen LogP contribution in [0.4, 0.5) is 5.13 Å².